The number of carbonyl (C=O) groups excluding carboxylic acids is 7. The number of methoxy groups -OCH3 is 1. The molecule has 2 rings (SSSR count). The van der Waals surface area contributed by atoms with Gasteiger partial charge in [0.15, 0.2) is 0 Å². The van der Waals surface area contributed by atoms with Gasteiger partial charge in [-0.1, -0.05) is 99.5 Å². The maximum Gasteiger partial charge on any atom is 0.408 e. The molecule has 0 spiro atoms. The second-order valence-electron chi connectivity index (χ2n) is 22.2. The molecule has 6 N–H and O–H groups in total. The molecule has 2 aromatic rings. The van der Waals surface area contributed by atoms with Gasteiger partial charge in [0.05, 0.1) is 19.1 Å². The first kappa shape index (κ1) is 61.1. The van der Waals surface area contributed by atoms with Gasteiger partial charge in [-0.25, -0.2) is 4.79 Å². The van der Waals surface area contributed by atoms with E-state index in [1.54, 1.807) is 74.5 Å². The number of hydrogen-bond acceptors (Lipinski definition) is 9. The molecule has 394 valence electrons. The summed E-state index contributed by atoms with van der Waals surface area (Å²) in [6.07, 6.45) is 5.41. The van der Waals surface area contributed by atoms with Crippen LogP contribution in [0.25, 0.3) is 0 Å². The van der Waals surface area contributed by atoms with Crippen LogP contribution >= 0.6 is 0 Å². The van der Waals surface area contributed by atoms with Gasteiger partial charge in [-0.05, 0) is 112 Å². The number of ether oxygens (including phenoxy) is 2. The zero-order valence-corrected chi connectivity index (χ0v) is 44.9. The van der Waals surface area contributed by atoms with Crippen molar-refractivity contribution in [3.63, 3.8) is 0 Å². The predicted octanol–water partition coefficient (Wildman–Crippen LogP) is 8.40. The minimum atomic E-state index is -1.10. The summed E-state index contributed by atoms with van der Waals surface area (Å²) in [4.78, 5) is 95.3. The fourth-order valence-corrected chi connectivity index (χ4v) is 9.48. The zero-order valence-electron chi connectivity index (χ0n) is 44.9. The summed E-state index contributed by atoms with van der Waals surface area (Å²) in [5.41, 5.74) is -5.15. The third-order valence-corrected chi connectivity index (χ3v) is 12.2. The Bertz CT molecular complexity index is 2130. The van der Waals surface area contributed by atoms with E-state index in [9.17, 15) is 33.6 Å². The lowest BCUT2D eigenvalue weighted by atomic mass is 9.85. The molecular weight excluding hydrogens is 901 g/mol. The Morgan fingerprint density at radius 3 is 1.11 bits per heavy atom. The minimum Gasteiger partial charge on any atom is -0.469 e. The fourth-order valence-electron chi connectivity index (χ4n) is 9.48. The van der Waals surface area contributed by atoms with E-state index in [2.05, 4.69) is 45.1 Å². The second kappa shape index (κ2) is 27.0. The van der Waals surface area contributed by atoms with Crippen LogP contribution in [0.15, 0.2) is 86.0 Å². The molecule has 0 saturated carbocycles. The van der Waals surface area contributed by atoms with Crippen LogP contribution in [0.4, 0.5) is 4.79 Å². The van der Waals surface area contributed by atoms with Crippen LogP contribution in [0.2, 0.25) is 0 Å². The fraction of sp³-hybridized carbons (Fsp3) is 0.589. The Hall–Kier alpha value is -5.99. The summed E-state index contributed by atoms with van der Waals surface area (Å²) >= 11 is 0. The van der Waals surface area contributed by atoms with Crippen molar-refractivity contribution in [3.8, 4) is 0 Å². The Kier molecular flexibility index (Phi) is 23.3. The Morgan fingerprint density at radius 2 is 0.775 bits per heavy atom. The van der Waals surface area contributed by atoms with Gasteiger partial charge in [0.25, 0.3) is 0 Å². The van der Waals surface area contributed by atoms with E-state index in [4.69, 9.17) is 9.47 Å². The third-order valence-electron chi connectivity index (χ3n) is 12.2. The van der Waals surface area contributed by atoms with Crippen molar-refractivity contribution in [1.82, 2.24) is 31.9 Å². The molecule has 71 heavy (non-hydrogen) atoms. The smallest absolute Gasteiger partial charge is 0.408 e. The summed E-state index contributed by atoms with van der Waals surface area (Å²) in [6.45, 7) is 27.6. The lowest BCUT2D eigenvalue weighted by molar-refractivity contribution is -0.142. The SMILES string of the molecule is C=CC[C@](C)(CC(=O)N[C@@](C)(CC(=O)N[C@](C)(CCC)CC(=O)OC)Cc1ccccc1)NC(=O)C[C@@](C)(CCC)NC(=O)C[C@@](C)(Cc1ccccc1)NC(=O)C[C@@](C)(CC=C)NC(=O)OC(C)(C)C. The first-order valence-corrected chi connectivity index (χ1v) is 24.9. The number of hydrogen-bond donors (Lipinski definition) is 6. The number of alkyl carbamates (subject to hydrolysis) is 1. The molecule has 0 aliphatic rings. The number of amides is 6. The van der Waals surface area contributed by atoms with Crippen molar-refractivity contribution in [2.75, 3.05) is 7.11 Å². The molecule has 0 unspecified atom stereocenters. The van der Waals surface area contributed by atoms with Crippen LogP contribution in [0, 0.1) is 0 Å². The van der Waals surface area contributed by atoms with Gasteiger partial charge in [-0.2, -0.15) is 0 Å². The average molecular weight is 987 g/mol. The molecule has 0 saturated heterocycles. The number of carbonyl (C=O) groups is 7. The number of rotatable bonds is 30. The zero-order chi connectivity index (χ0) is 53.7. The third kappa shape index (κ3) is 23.2. The molecular formula is C56H86N6O9. The van der Waals surface area contributed by atoms with Crippen molar-refractivity contribution in [2.45, 2.75) is 205 Å². The molecule has 15 heteroatoms. The van der Waals surface area contributed by atoms with Gasteiger partial charge in [0.1, 0.15) is 5.60 Å². The van der Waals surface area contributed by atoms with E-state index in [1.165, 1.54) is 7.11 Å². The summed E-state index contributed by atoms with van der Waals surface area (Å²) in [6, 6.07) is 19.0. The summed E-state index contributed by atoms with van der Waals surface area (Å²) in [5.74, 6) is -2.37. The summed E-state index contributed by atoms with van der Waals surface area (Å²) < 4.78 is 10.4. The second-order valence-corrected chi connectivity index (χ2v) is 22.2. The van der Waals surface area contributed by atoms with Crippen LogP contribution < -0.4 is 31.9 Å². The summed E-state index contributed by atoms with van der Waals surface area (Å²) in [7, 11) is 1.31. The first-order valence-electron chi connectivity index (χ1n) is 24.9. The lowest BCUT2D eigenvalue weighted by Gasteiger charge is -2.37. The largest absolute Gasteiger partial charge is 0.469 e. The van der Waals surface area contributed by atoms with Crippen LogP contribution in [0.3, 0.4) is 0 Å². The summed E-state index contributed by atoms with van der Waals surface area (Å²) in [5, 5.41) is 18.3. The molecule has 0 aliphatic carbocycles. The van der Waals surface area contributed by atoms with Gasteiger partial charge in [-0.3, -0.25) is 28.8 Å². The van der Waals surface area contributed by atoms with E-state index >= 15 is 0 Å². The molecule has 0 heterocycles. The van der Waals surface area contributed by atoms with Gasteiger partial charge < -0.3 is 41.4 Å². The quantitative estimate of drug-likeness (QED) is 0.0328. The van der Waals surface area contributed by atoms with Crippen LogP contribution in [-0.4, -0.2) is 87.5 Å². The van der Waals surface area contributed by atoms with Gasteiger partial charge in [0.2, 0.25) is 29.5 Å². The maximum atomic E-state index is 14.2. The van der Waals surface area contributed by atoms with Crippen LogP contribution in [-0.2, 0) is 51.1 Å². The molecule has 0 fully saturated rings. The topological polar surface area (TPSA) is 210 Å². The van der Waals surface area contributed by atoms with Crippen molar-refractivity contribution in [2.24, 2.45) is 0 Å². The highest BCUT2D eigenvalue weighted by Gasteiger charge is 2.40. The van der Waals surface area contributed by atoms with Gasteiger partial charge in [0, 0.05) is 59.8 Å². The van der Waals surface area contributed by atoms with Gasteiger partial charge in [-0.15, -0.1) is 13.2 Å². The lowest BCUT2D eigenvalue weighted by Crippen LogP contribution is -2.58. The van der Waals surface area contributed by atoms with E-state index in [1.807, 2.05) is 74.5 Å². The molecule has 6 amide bonds. The van der Waals surface area contributed by atoms with E-state index in [-0.39, 0.29) is 63.2 Å². The minimum absolute atomic E-state index is 0.00837. The van der Waals surface area contributed by atoms with Crippen molar-refractivity contribution >= 4 is 41.6 Å². The molecule has 15 nitrogen and oxygen atoms in total. The molecule has 2 aromatic carbocycles. The maximum absolute atomic E-state index is 14.2. The number of esters is 1. The highest BCUT2D eigenvalue weighted by Crippen LogP contribution is 2.27. The van der Waals surface area contributed by atoms with Crippen molar-refractivity contribution < 1.29 is 43.0 Å². The number of nitrogens with one attached hydrogen (secondary N) is 6. The molecule has 0 aliphatic heterocycles. The average Bonchev–Trinajstić information content (AvgIpc) is 3.19. The molecule has 6 atom stereocenters. The Labute approximate surface area is 424 Å². The Morgan fingerprint density at radius 1 is 0.465 bits per heavy atom. The predicted molar refractivity (Wildman–Crippen MR) is 280 cm³/mol. The standard InChI is InChI=1S/C56H86N6O9/c1-15-29-51(8,58-46(66)38-55(12,33-41-25-21-19-22-26-41)61-45(65)37-53(10,31-17-3)62-49(69)71-50(5,6)7)35-43(63)57-52(9,30-16-2)36-44(64)60-56(13,34-42-27-23-20-24-28-42)39-47(67)59-54(11,32-18-4)40-48(68)70-14/h16-17,19-28H,2-3,15,18,29-40H2,1,4-14H3,(H,57,63)(H,58,66)(H,59,67)(H,60,64)(H,61,65)(H,62,69)/t51-,52-,53-,54-,55-,56-/m1/s1. The Balaban J connectivity index is 2.33. The molecule has 0 radical (unpaired) electrons. The van der Waals surface area contributed by atoms with E-state index < -0.39 is 68.6 Å². The highest BCUT2D eigenvalue weighted by atomic mass is 16.6. The van der Waals surface area contributed by atoms with Crippen LogP contribution in [0.5, 0.6) is 0 Å². The van der Waals surface area contributed by atoms with Crippen LogP contribution in [0.1, 0.15) is 164 Å². The molecule has 0 aromatic heterocycles. The van der Waals surface area contributed by atoms with E-state index in [0.717, 1.165) is 11.1 Å². The van der Waals surface area contributed by atoms with Crippen molar-refractivity contribution in [3.05, 3.63) is 97.1 Å². The monoisotopic (exact) mass is 987 g/mol. The van der Waals surface area contributed by atoms with E-state index in [0.29, 0.717) is 38.5 Å². The molecule has 0 bridgehead atoms. The first-order chi connectivity index (χ1) is 33.0. The van der Waals surface area contributed by atoms with Crippen molar-refractivity contribution in [1.29, 1.82) is 0 Å². The number of benzene rings is 2. The highest BCUT2D eigenvalue weighted by molar-refractivity contribution is 5.85. The normalized spacial score (nSPS) is 16.5. The van der Waals surface area contributed by atoms with Gasteiger partial charge >= 0.3 is 12.1 Å².